The lowest BCUT2D eigenvalue weighted by atomic mass is 10.1. The molecule has 3 aromatic rings. The van der Waals surface area contributed by atoms with E-state index in [0.717, 1.165) is 34.9 Å². The van der Waals surface area contributed by atoms with Crippen molar-refractivity contribution in [3.8, 4) is 11.6 Å². The van der Waals surface area contributed by atoms with Crippen LogP contribution in [0.2, 0.25) is 0 Å². The normalized spacial score (nSPS) is 19.5. The molecule has 32 heavy (non-hydrogen) atoms. The Morgan fingerprint density at radius 2 is 1.75 bits per heavy atom. The Hall–Kier alpha value is -3.63. The minimum Gasteiger partial charge on any atom is -0.493 e. The predicted octanol–water partition coefficient (Wildman–Crippen LogP) is 3.78. The number of amides is 1. The van der Waals surface area contributed by atoms with Crippen LogP contribution >= 0.6 is 0 Å². The van der Waals surface area contributed by atoms with Gasteiger partial charge in [0.2, 0.25) is 5.88 Å². The van der Waals surface area contributed by atoms with E-state index in [2.05, 4.69) is 0 Å². The maximum Gasteiger partial charge on any atom is 0.416 e. The molecule has 1 amide bonds. The van der Waals surface area contributed by atoms with Crippen LogP contribution in [0.5, 0.6) is 5.88 Å². The molecule has 0 saturated carbocycles. The Morgan fingerprint density at radius 1 is 1.06 bits per heavy atom. The van der Waals surface area contributed by atoms with Crippen LogP contribution < -0.4 is 5.69 Å². The van der Waals surface area contributed by atoms with Crippen molar-refractivity contribution < 1.29 is 31.9 Å². The largest absolute Gasteiger partial charge is 0.493 e. The van der Waals surface area contributed by atoms with Crippen molar-refractivity contribution >= 4 is 5.91 Å². The highest BCUT2D eigenvalue weighted by Gasteiger charge is 2.49. The Kier molecular flexibility index (Phi) is 4.24. The summed E-state index contributed by atoms with van der Waals surface area (Å²) in [7, 11) is 0. The summed E-state index contributed by atoms with van der Waals surface area (Å²) >= 11 is 0. The van der Waals surface area contributed by atoms with E-state index in [-0.39, 0.29) is 23.5 Å². The Morgan fingerprint density at radius 3 is 2.41 bits per heavy atom. The van der Waals surface area contributed by atoms with E-state index in [1.54, 1.807) is 0 Å². The van der Waals surface area contributed by atoms with Gasteiger partial charge in [0.05, 0.1) is 23.3 Å². The van der Waals surface area contributed by atoms with Crippen molar-refractivity contribution in [3.05, 3.63) is 81.4 Å². The Bertz CT molecular complexity index is 1310. The molecule has 0 spiro atoms. The van der Waals surface area contributed by atoms with Gasteiger partial charge in [0.15, 0.2) is 0 Å². The van der Waals surface area contributed by atoms with Gasteiger partial charge in [0, 0.05) is 18.2 Å². The molecule has 3 heterocycles. The van der Waals surface area contributed by atoms with E-state index >= 15 is 0 Å². The second-order valence-corrected chi connectivity index (χ2v) is 7.77. The van der Waals surface area contributed by atoms with Crippen LogP contribution in [0.15, 0.2) is 47.3 Å². The minimum atomic E-state index is -4.64. The third kappa shape index (κ3) is 2.91. The van der Waals surface area contributed by atoms with Gasteiger partial charge in [-0.3, -0.25) is 9.36 Å². The first kappa shape index (κ1) is 20.3. The van der Waals surface area contributed by atoms with Gasteiger partial charge in [-0.1, -0.05) is 6.07 Å². The standard InChI is InChI=1S/C21H14F5N3O3/c22-12-4-10(5-13(23)7-12)18(30)27-9-15-8-16(27)17-19(31)29(20(32)28(15)17)14-3-1-2-11(6-14)21(24,25)26/h1-7,15-16,31H,8-9H2. The Balaban J connectivity index is 1.56. The number of hydrogen-bond donors (Lipinski definition) is 1. The van der Waals surface area contributed by atoms with Crippen molar-refractivity contribution in [2.75, 3.05) is 6.54 Å². The van der Waals surface area contributed by atoms with E-state index in [0.29, 0.717) is 12.5 Å². The maximum absolute atomic E-state index is 13.5. The van der Waals surface area contributed by atoms with Crippen LogP contribution in [0.25, 0.3) is 5.69 Å². The van der Waals surface area contributed by atoms with Crippen molar-refractivity contribution in [2.24, 2.45) is 0 Å². The van der Waals surface area contributed by atoms with Crippen LogP contribution in [0.1, 0.15) is 40.1 Å². The first-order valence-electron chi connectivity index (χ1n) is 9.57. The number of aromatic nitrogens is 2. The van der Waals surface area contributed by atoms with Crippen molar-refractivity contribution in [2.45, 2.75) is 24.7 Å². The summed E-state index contributed by atoms with van der Waals surface area (Å²) in [6.45, 7) is 0.0561. The van der Waals surface area contributed by atoms with E-state index in [1.165, 1.54) is 15.5 Å². The summed E-state index contributed by atoms with van der Waals surface area (Å²) in [5.74, 6) is -3.10. The first-order valence-corrected chi connectivity index (χ1v) is 9.57. The topological polar surface area (TPSA) is 67.5 Å². The van der Waals surface area contributed by atoms with Crippen LogP contribution in [-0.2, 0) is 6.18 Å². The molecule has 2 aliphatic heterocycles. The molecule has 11 heteroatoms. The third-order valence-electron chi connectivity index (χ3n) is 5.86. The van der Waals surface area contributed by atoms with Crippen molar-refractivity contribution in [1.29, 1.82) is 0 Å². The molecule has 2 aliphatic rings. The highest BCUT2D eigenvalue weighted by Crippen LogP contribution is 2.49. The van der Waals surface area contributed by atoms with E-state index in [9.17, 15) is 36.6 Å². The molecule has 5 rings (SSSR count). The number of carbonyl (C=O) groups is 1. The number of fused-ring (bicyclic) bond motifs is 5. The smallest absolute Gasteiger partial charge is 0.416 e. The van der Waals surface area contributed by atoms with Gasteiger partial charge >= 0.3 is 11.9 Å². The number of alkyl halides is 3. The summed E-state index contributed by atoms with van der Waals surface area (Å²) < 4.78 is 68.4. The molecule has 1 aromatic heterocycles. The van der Waals surface area contributed by atoms with Crippen LogP contribution in [0, 0.1) is 11.6 Å². The number of benzene rings is 2. The van der Waals surface area contributed by atoms with Gasteiger partial charge in [-0.25, -0.2) is 18.1 Å². The molecule has 6 nitrogen and oxygen atoms in total. The van der Waals surface area contributed by atoms with E-state index in [4.69, 9.17) is 0 Å². The number of likely N-dealkylation sites (tertiary alicyclic amines) is 1. The van der Waals surface area contributed by atoms with Gasteiger partial charge in [-0.2, -0.15) is 13.2 Å². The molecule has 2 bridgehead atoms. The fourth-order valence-electron chi connectivity index (χ4n) is 4.57. The molecule has 2 aromatic carbocycles. The van der Waals surface area contributed by atoms with Crippen LogP contribution in [-0.4, -0.2) is 31.6 Å². The van der Waals surface area contributed by atoms with Crippen molar-refractivity contribution in [3.63, 3.8) is 0 Å². The predicted molar refractivity (Wildman–Crippen MR) is 100 cm³/mol. The molecule has 1 saturated heterocycles. The summed E-state index contributed by atoms with van der Waals surface area (Å²) in [4.78, 5) is 27.1. The molecule has 0 radical (unpaired) electrons. The van der Waals surface area contributed by atoms with Gasteiger partial charge in [-0.15, -0.1) is 0 Å². The number of carbonyl (C=O) groups excluding carboxylic acids is 1. The second kappa shape index (κ2) is 6.68. The summed E-state index contributed by atoms with van der Waals surface area (Å²) in [6.07, 6.45) is -4.34. The highest BCUT2D eigenvalue weighted by atomic mass is 19.4. The molecule has 1 N–H and O–H groups in total. The Labute approximate surface area is 176 Å². The monoisotopic (exact) mass is 451 g/mol. The van der Waals surface area contributed by atoms with Gasteiger partial charge in [0.1, 0.15) is 17.3 Å². The molecular weight excluding hydrogens is 437 g/mol. The highest BCUT2D eigenvalue weighted by molar-refractivity contribution is 5.95. The molecular formula is C21H14F5N3O3. The number of halogens is 5. The van der Waals surface area contributed by atoms with Gasteiger partial charge in [-0.05, 0) is 36.8 Å². The minimum absolute atomic E-state index is 0.0561. The number of rotatable bonds is 2. The number of nitrogens with zero attached hydrogens (tertiary/aromatic N) is 3. The summed E-state index contributed by atoms with van der Waals surface area (Å²) in [5.41, 5.74) is -2.03. The second-order valence-electron chi connectivity index (χ2n) is 7.77. The lowest BCUT2D eigenvalue weighted by Crippen LogP contribution is -2.37. The fourth-order valence-corrected chi connectivity index (χ4v) is 4.57. The van der Waals surface area contributed by atoms with Gasteiger partial charge in [0.25, 0.3) is 5.91 Å². The number of hydrogen-bond acceptors (Lipinski definition) is 3. The zero-order chi connectivity index (χ0) is 22.9. The summed E-state index contributed by atoms with van der Waals surface area (Å²) in [5, 5.41) is 10.8. The number of aromatic hydroxyl groups is 1. The molecule has 166 valence electrons. The summed E-state index contributed by atoms with van der Waals surface area (Å²) in [6, 6.07) is 5.08. The maximum atomic E-state index is 13.5. The van der Waals surface area contributed by atoms with E-state index in [1.807, 2.05) is 0 Å². The zero-order valence-corrected chi connectivity index (χ0v) is 16.1. The van der Waals surface area contributed by atoms with Crippen molar-refractivity contribution in [1.82, 2.24) is 14.0 Å². The first-order chi connectivity index (χ1) is 15.1. The lowest BCUT2D eigenvalue weighted by Gasteiger charge is -2.27. The SMILES string of the molecule is O=C(c1cc(F)cc(F)c1)N1CC2CC1c1c(O)n(-c3cccc(C(F)(F)F)c3)c(=O)n12. The average Bonchev–Trinajstić information content (AvgIpc) is 3.37. The van der Waals surface area contributed by atoms with Crippen LogP contribution in [0.4, 0.5) is 22.0 Å². The molecule has 1 fully saturated rings. The number of imidazole rings is 1. The molecule has 0 aliphatic carbocycles. The molecule has 2 atom stereocenters. The zero-order valence-electron chi connectivity index (χ0n) is 16.1. The van der Waals surface area contributed by atoms with Crippen LogP contribution in [0.3, 0.4) is 0 Å². The third-order valence-corrected chi connectivity index (χ3v) is 5.86. The molecule has 2 unspecified atom stereocenters. The fraction of sp³-hybridized carbons (Fsp3) is 0.238. The van der Waals surface area contributed by atoms with Gasteiger partial charge < -0.3 is 10.0 Å². The quantitative estimate of drug-likeness (QED) is 0.603. The lowest BCUT2D eigenvalue weighted by molar-refractivity contribution is -0.137. The average molecular weight is 451 g/mol. The van der Waals surface area contributed by atoms with E-state index < -0.39 is 52.9 Å².